The fourth-order valence-electron chi connectivity index (χ4n) is 2.38. The predicted molar refractivity (Wildman–Crippen MR) is 66.1 cm³/mol. The minimum absolute atomic E-state index is 0.197. The fourth-order valence-corrected chi connectivity index (χ4v) is 2.38. The van der Waals surface area contributed by atoms with E-state index in [0.29, 0.717) is 12.0 Å². The summed E-state index contributed by atoms with van der Waals surface area (Å²) in [6, 6.07) is 4.03. The standard InChI is InChI=1S/C14H19F2NO/c1-2-4-9-7-12(9)17-8-13(18)14-10(15)5-3-6-11(14)16/h3,5-6,9,12-13,17-18H,2,4,7-8H2,1H3. The van der Waals surface area contributed by atoms with Gasteiger partial charge in [0.1, 0.15) is 11.6 Å². The Morgan fingerprint density at radius 3 is 2.67 bits per heavy atom. The molecular weight excluding hydrogens is 236 g/mol. The van der Waals surface area contributed by atoms with Crippen molar-refractivity contribution in [1.82, 2.24) is 5.32 Å². The van der Waals surface area contributed by atoms with E-state index >= 15 is 0 Å². The van der Waals surface area contributed by atoms with Crippen molar-refractivity contribution in [2.45, 2.75) is 38.3 Å². The molecule has 2 N–H and O–H groups in total. The molecule has 100 valence electrons. The molecule has 2 rings (SSSR count). The molecule has 1 saturated carbocycles. The SMILES string of the molecule is CCCC1CC1NCC(O)c1c(F)cccc1F. The summed E-state index contributed by atoms with van der Waals surface area (Å²) in [6.07, 6.45) is 2.28. The van der Waals surface area contributed by atoms with Crippen molar-refractivity contribution in [3.05, 3.63) is 35.4 Å². The molecule has 1 aromatic rings. The van der Waals surface area contributed by atoms with Crippen molar-refractivity contribution in [1.29, 1.82) is 0 Å². The van der Waals surface area contributed by atoms with Crippen molar-refractivity contribution in [3.8, 4) is 0 Å². The molecule has 4 heteroatoms. The first-order chi connectivity index (χ1) is 8.63. The van der Waals surface area contributed by atoms with Gasteiger partial charge >= 0.3 is 0 Å². The second-order valence-electron chi connectivity index (χ2n) is 4.95. The molecule has 0 aromatic heterocycles. The van der Waals surface area contributed by atoms with Gasteiger partial charge in [-0.25, -0.2) is 8.78 Å². The van der Waals surface area contributed by atoms with E-state index in [0.717, 1.165) is 12.8 Å². The van der Waals surface area contributed by atoms with Crippen LogP contribution in [0.2, 0.25) is 0 Å². The highest BCUT2D eigenvalue weighted by atomic mass is 19.1. The number of aliphatic hydroxyl groups is 1. The van der Waals surface area contributed by atoms with Crippen LogP contribution in [0, 0.1) is 17.6 Å². The van der Waals surface area contributed by atoms with Crippen LogP contribution in [-0.2, 0) is 0 Å². The lowest BCUT2D eigenvalue weighted by atomic mass is 10.1. The third-order valence-corrected chi connectivity index (χ3v) is 3.49. The maximum absolute atomic E-state index is 13.4. The van der Waals surface area contributed by atoms with Crippen molar-refractivity contribution in [2.75, 3.05) is 6.54 Å². The maximum atomic E-state index is 13.4. The molecule has 3 unspecified atom stereocenters. The molecule has 0 heterocycles. The molecule has 0 bridgehead atoms. The van der Waals surface area contributed by atoms with E-state index in [-0.39, 0.29) is 12.1 Å². The van der Waals surface area contributed by atoms with E-state index in [1.54, 1.807) is 0 Å². The Morgan fingerprint density at radius 1 is 1.39 bits per heavy atom. The second-order valence-corrected chi connectivity index (χ2v) is 4.95. The highest BCUT2D eigenvalue weighted by Crippen LogP contribution is 2.34. The average molecular weight is 255 g/mol. The van der Waals surface area contributed by atoms with Gasteiger partial charge in [-0.05, 0) is 30.9 Å². The molecule has 3 atom stereocenters. The van der Waals surface area contributed by atoms with Crippen molar-refractivity contribution in [2.24, 2.45) is 5.92 Å². The van der Waals surface area contributed by atoms with E-state index < -0.39 is 17.7 Å². The number of rotatable bonds is 6. The fraction of sp³-hybridized carbons (Fsp3) is 0.571. The summed E-state index contributed by atoms with van der Waals surface area (Å²) in [5.74, 6) is -0.719. The number of hydrogen-bond donors (Lipinski definition) is 2. The first kappa shape index (κ1) is 13.4. The van der Waals surface area contributed by atoms with Gasteiger partial charge < -0.3 is 10.4 Å². The van der Waals surface area contributed by atoms with E-state index in [2.05, 4.69) is 12.2 Å². The largest absolute Gasteiger partial charge is 0.387 e. The monoisotopic (exact) mass is 255 g/mol. The summed E-state index contributed by atoms with van der Waals surface area (Å²) >= 11 is 0. The van der Waals surface area contributed by atoms with Gasteiger partial charge in [0.15, 0.2) is 0 Å². The lowest BCUT2D eigenvalue weighted by molar-refractivity contribution is 0.164. The molecule has 1 aliphatic carbocycles. The second kappa shape index (κ2) is 5.76. The molecule has 18 heavy (non-hydrogen) atoms. The summed E-state index contributed by atoms with van der Waals surface area (Å²) in [6.45, 7) is 2.34. The quantitative estimate of drug-likeness (QED) is 0.819. The summed E-state index contributed by atoms with van der Waals surface area (Å²) in [7, 11) is 0. The smallest absolute Gasteiger partial charge is 0.131 e. The van der Waals surface area contributed by atoms with Crippen LogP contribution in [0.25, 0.3) is 0 Å². The van der Waals surface area contributed by atoms with Gasteiger partial charge in [0, 0.05) is 12.6 Å². The zero-order chi connectivity index (χ0) is 13.1. The van der Waals surface area contributed by atoms with Crippen LogP contribution in [0.1, 0.15) is 37.9 Å². The topological polar surface area (TPSA) is 32.3 Å². The zero-order valence-corrected chi connectivity index (χ0v) is 10.5. The maximum Gasteiger partial charge on any atom is 0.131 e. The lowest BCUT2D eigenvalue weighted by Gasteiger charge is -2.13. The van der Waals surface area contributed by atoms with Crippen LogP contribution >= 0.6 is 0 Å². The van der Waals surface area contributed by atoms with Crippen molar-refractivity contribution in [3.63, 3.8) is 0 Å². The van der Waals surface area contributed by atoms with E-state index in [1.807, 2.05) is 0 Å². The number of aliphatic hydroxyl groups excluding tert-OH is 1. The molecule has 0 radical (unpaired) electrons. The Labute approximate surface area is 106 Å². The molecule has 0 aliphatic heterocycles. The first-order valence-electron chi connectivity index (χ1n) is 6.48. The average Bonchev–Trinajstić information content (AvgIpc) is 3.05. The van der Waals surface area contributed by atoms with Gasteiger partial charge in [-0.1, -0.05) is 19.4 Å². The summed E-state index contributed by atoms with van der Waals surface area (Å²) in [5, 5.41) is 13.0. The van der Waals surface area contributed by atoms with Crippen molar-refractivity contribution >= 4 is 0 Å². The molecule has 0 spiro atoms. The number of halogens is 2. The third-order valence-electron chi connectivity index (χ3n) is 3.49. The van der Waals surface area contributed by atoms with Crippen LogP contribution in [0.5, 0.6) is 0 Å². The number of benzene rings is 1. The molecule has 1 fully saturated rings. The van der Waals surface area contributed by atoms with Crippen LogP contribution in [0.4, 0.5) is 8.78 Å². The first-order valence-corrected chi connectivity index (χ1v) is 6.48. The Bertz CT molecular complexity index is 391. The normalized spacial score (nSPS) is 24.0. The van der Waals surface area contributed by atoms with Gasteiger partial charge in [-0.2, -0.15) is 0 Å². The Balaban J connectivity index is 1.87. The van der Waals surface area contributed by atoms with Crippen molar-refractivity contribution < 1.29 is 13.9 Å². The minimum Gasteiger partial charge on any atom is -0.387 e. The van der Waals surface area contributed by atoms with Gasteiger partial charge in [0.05, 0.1) is 11.7 Å². The van der Waals surface area contributed by atoms with Crippen LogP contribution < -0.4 is 5.32 Å². The highest BCUT2D eigenvalue weighted by molar-refractivity contribution is 5.22. The van der Waals surface area contributed by atoms with Gasteiger partial charge in [-0.3, -0.25) is 0 Å². The predicted octanol–water partition coefficient (Wildman–Crippen LogP) is 2.78. The third kappa shape index (κ3) is 3.06. The zero-order valence-electron chi connectivity index (χ0n) is 10.5. The Kier molecular flexibility index (Phi) is 4.30. The molecule has 0 saturated heterocycles. The molecular formula is C14H19F2NO. The number of hydrogen-bond acceptors (Lipinski definition) is 2. The number of nitrogens with one attached hydrogen (secondary N) is 1. The lowest BCUT2D eigenvalue weighted by Crippen LogP contribution is -2.25. The van der Waals surface area contributed by atoms with E-state index in [1.165, 1.54) is 24.6 Å². The Hall–Kier alpha value is -1.00. The summed E-state index contributed by atoms with van der Waals surface area (Å²) < 4.78 is 26.8. The highest BCUT2D eigenvalue weighted by Gasteiger charge is 2.35. The molecule has 2 nitrogen and oxygen atoms in total. The van der Waals surface area contributed by atoms with Gasteiger partial charge in [-0.15, -0.1) is 0 Å². The van der Waals surface area contributed by atoms with Gasteiger partial charge in [0.2, 0.25) is 0 Å². The summed E-state index contributed by atoms with van der Waals surface area (Å²) in [4.78, 5) is 0. The van der Waals surface area contributed by atoms with Crippen LogP contribution in [0.15, 0.2) is 18.2 Å². The minimum atomic E-state index is -1.13. The molecule has 0 amide bonds. The van der Waals surface area contributed by atoms with E-state index in [4.69, 9.17) is 0 Å². The molecule has 1 aromatic carbocycles. The van der Waals surface area contributed by atoms with Crippen LogP contribution in [0.3, 0.4) is 0 Å². The summed E-state index contributed by atoms with van der Waals surface area (Å²) in [5.41, 5.74) is -0.238. The van der Waals surface area contributed by atoms with Crippen LogP contribution in [-0.4, -0.2) is 17.7 Å². The Morgan fingerprint density at radius 2 is 2.06 bits per heavy atom. The van der Waals surface area contributed by atoms with E-state index in [9.17, 15) is 13.9 Å². The molecule has 1 aliphatic rings. The van der Waals surface area contributed by atoms with Gasteiger partial charge in [0.25, 0.3) is 0 Å².